The van der Waals surface area contributed by atoms with Gasteiger partial charge in [-0.3, -0.25) is 0 Å². The molecule has 2 N–H and O–H groups in total. The molecule has 1 aliphatic heterocycles. The standard InChI is InChI=1S/C13H18N2O3/c1-10(14-13(16)17)11-2-4-12(5-3-11)15-6-8-18-9-7-15/h2-5,10,14H,6-9H2,1H3,(H,16,17)/t10-/m0/s1. The van der Waals surface area contributed by atoms with E-state index in [-0.39, 0.29) is 6.04 Å². The minimum Gasteiger partial charge on any atom is -0.465 e. The average Bonchev–Trinajstić information content (AvgIpc) is 2.39. The molecule has 1 aromatic carbocycles. The van der Waals surface area contributed by atoms with Gasteiger partial charge in [-0.25, -0.2) is 4.79 Å². The van der Waals surface area contributed by atoms with Crippen LogP contribution >= 0.6 is 0 Å². The van der Waals surface area contributed by atoms with E-state index >= 15 is 0 Å². The van der Waals surface area contributed by atoms with Gasteiger partial charge in [0.15, 0.2) is 0 Å². The molecule has 1 aliphatic rings. The number of amides is 1. The van der Waals surface area contributed by atoms with Crippen LogP contribution in [0.15, 0.2) is 24.3 Å². The highest BCUT2D eigenvalue weighted by Gasteiger charge is 2.12. The van der Waals surface area contributed by atoms with Crippen LogP contribution in [0, 0.1) is 0 Å². The maximum atomic E-state index is 10.6. The minimum atomic E-state index is -1.00. The van der Waals surface area contributed by atoms with Gasteiger partial charge in [0, 0.05) is 18.8 Å². The number of hydrogen-bond acceptors (Lipinski definition) is 3. The SMILES string of the molecule is C[C@H](NC(=O)O)c1ccc(N2CCOCC2)cc1. The van der Waals surface area contributed by atoms with Crippen molar-refractivity contribution < 1.29 is 14.6 Å². The number of benzene rings is 1. The average molecular weight is 250 g/mol. The summed E-state index contributed by atoms with van der Waals surface area (Å²) in [5.41, 5.74) is 2.12. The van der Waals surface area contributed by atoms with Gasteiger partial charge in [-0.1, -0.05) is 12.1 Å². The molecule has 98 valence electrons. The molecule has 1 saturated heterocycles. The zero-order valence-electron chi connectivity index (χ0n) is 10.4. The van der Waals surface area contributed by atoms with Crippen molar-refractivity contribution in [2.45, 2.75) is 13.0 Å². The number of hydrogen-bond donors (Lipinski definition) is 2. The normalized spacial score (nSPS) is 17.3. The molecular formula is C13H18N2O3. The van der Waals surface area contributed by atoms with Crippen LogP contribution in [-0.2, 0) is 4.74 Å². The molecule has 0 bridgehead atoms. The van der Waals surface area contributed by atoms with Crippen LogP contribution < -0.4 is 10.2 Å². The van der Waals surface area contributed by atoms with Crippen molar-refractivity contribution in [3.63, 3.8) is 0 Å². The monoisotopic (exact) mass is 250 g/mol. The summed E-state index contributed by atoms with van der Waals surface area (Å²) in [6, 6.07) is 7.79. The summed E-state index contributed by atoms with van der Waals surface area (Å²) >= 11 is 0. The van der Waals surface area contributed by atoms with Gasteiger partial charge in [-0.2, -0.15) is 0 Å². The topological polar surface area (TPSA) is 61.8 Å². The Labute approximate surface area is 106 Å². The lowest BCUT2D eigenvalue weighted by molar-refractivity contribution is 0.122. The van der Waals surface area contributed by atoms with E-state index in [1.165, 1.54) is 0 Å². The van der Waals surface area contributed by atoms with Crippen LogP contribution in [0.3, 0.4) is 0 Å². The lowest BCUT2D eigenvalue weighted by atomic mass is 10.1. The second kappa shape index (κ2) is 5.73. The first-order valence-corrected chi connectivity index (χ1v) is 6.09. The zero-order valence-corrected chi connectivity index (χ0v) is 10.4. The van der Waals surface area contributed by atoms with Crippen molar-refractivity contribution >= 4 is 11.8 Å². The Morgan fingerprint density at radius 3 is 2.50 bits per heavy atom. The van der Waals surface area contributed by atoms with Crippen molar-refractivity contribution in [3.8, 4) is 0 Å². The number of carbonyl (C=O) groups is 1. The summed E-state index contributed by atoms with van der Waals surface area (Å²) in [6.45, 7) is 5.17. The molecule has 2 rings (SSSR count). The van der Waals surface area contributed by atoms with Crippen LogP contribution in [0.25, 0.3) is 0 Å². The van der Waals surface area contributed by atoms with Crippen LogP contribution in [-0.4, -0.2) is 37.5 Å². The molecule has 1 aromatic rings. The summed E-state index contributed by atoms with van der Waals surface area (Å²) in [6.07, 6.45) is -1.00. The minimum absolute atomic E-state index is 0.193. The Morgan fingerprint density at radius 1 is 1.33 bits per heavy atom. The maximum Gasteiger partial charge on any atom is 0.405 e. The summed E-state index contributed by atoms with van der Waals surface area (Å²) in [5.74, 6) is 0. The highest BCUT2D eigenvalue weighted by Crippen LogP contribution is 2.20. The van der Waals surface area contributed by atoms with Crippen LogP contribution in [0.1, 0.15) is 18.5 Å². The van der Waals surface area contributed by atoms with Gasteiger partial charge < -0.3 is 20.1 Å². The van der Waals surface area contributed by atoms with Crippen molar-refractivity contribution in [3.05, 3.63) is 29.8 Å². The van der Waals surface area contributed by atoms with Gasteiger partial charge in [-0.15, -0.1) is 0 Å². The molecule has 0 radical (unpaired) electrons. The Kier molecular flexibility index (Phi) is 4.04. The predicted molar refractivity (Wildman–Crippen MR) is 69.0 cm³/mol. The van der Waals surface area contributed by atoms with E-state index in [0.717, 1.165) is 37.6 Å². The quantitative estimate of drug-likeness (QED) is 0.859. The fraction of sp³-hybridized carbons (Fsp3) is 0.462. The third-order valence-corrected chi connectivity index (χ3v) is 3.11. The van der Waals surface area contributed by atoms with Crippen molar-refractivity contribution in [1.29, 1.82) is 0 Å². The van der Waals surface area contributed by atoms with E-state index in [0.29, 0.717) is 0 Å². The molecule has 1 fully saturated rings. The molecule has 0 saturated carbocycles. The number of morpholine rings is 1. The number of anilines is 1. The molecule has 5 heteroatoms. The second-order valence-electron chi connectivity index (χ2n) is 4.36. The van der Waals surface area contributed by atoms with Crippen molar-refractivity contribution in [2.75, 3.05) is 31.2 Å². The number of nitrogens with one attached hydrogen (secondary N) is 1. The summed E-state index contributed by atoms with van der Waals surface area (Å²) in [4.78, 5) is 12.8. The number of nitrogens with zero attached hydrogens (tertiary/aromatic N) is 1. The molecule has 0 aliphatic carbocycles. The Bertz CT molecular complexity index is 399. The van der Waals surface area contributed by atoms with Gasteiger partial charge in [0.25, 0.3) is 0 Å². The largest absolute Gasteiger partial charge is 0.465 e. The van der Waals surface area contributed by atoms with E-state index in [1.54, 1.807) is 0 Å². The van der Waals surface area contributed by atoms with Crippen LogP contribution in [0.4, 0.5) is 10.5 Å². The number of carboxylic acid groups (broad SMARTS) is 1. The lowest BCUT2D eigenvalue weighted by Gasteiger charge is -2.29. The first kappa shape index (κ1) is 12.7. The van der Waals surface area contributed by atoms with Gasteiger partial charge in [0.2, 0.25) is 0 Å². The molecular weight excluding hydrogens is 232 g/mol. The number of rotatable bonds is 3. The van der Waals surface area contributed by atoms with E-state index in [9.17, 15) is 4.79 Å². The van der Waals surface area contributed by atoms with Crippen LogP contribution in [0.2, 0.25) is 0 Å². The summed E-state index contributed by atoms with van der Waals surface area (Å²) < 4.78 is 5.31. The van der Waals surface area contributed by atoms with E-state index in [4.69, 9.17) is 9.84 Å². The highest BCUT2D eigenvalue weighted by atomic mass is 16.5. The molecule has 1 amide bonds. The van der Waals surface area contributed by atoms with Gasteiger partial charge in [0.05, 0.1) is 19.3 Å². The third-order valence-electron chi connectivity index (χ3n) is 3.11. The molecule has 5 nitrogen and oxygen atoms in total. The highest BCUT2D eigenvalue weighted by molar-refractivity contribution is 5.65. The first-order chi connectivity index (χ1) is 8.66. The Balaban J connectivity index is 2.02. The van der Waals surface area contributed by atoms with Gasteiger partial charge in [-0.05, 0) is 24.6 Å². The smallest absolute Gasteiger partial charge is 0.405 e. The van der Waals surface area contributed by atoms with Gasteiger partial charge >= 0.3 is 6.09 Å². The first-order valence-electron chi connectivity index (χ1n) is 6.09. The van der Waals surface area contributed by atoms with Crippen LogP contribution in [0.5, 0.6) is 0 Å². The Morgan fingerprint density at radius 2 is 1.94 bits per heavy atom. The molecule has 1 heterocycles. The molecule has 0 spiro atoms. The third kappa shape index (κ3) is 3.13. The molecule has 0 aromatic heterocycles. The van der Waals surface area contributed by atoms with E-state index < -0.39 is 6.09 Å². The fourth-order valence-electron chi connectivity index (χ4n) is 2.06. The lowest BCUT2D eigenvalue weighted by Crippen LogP contribution is -2.36. The fourth-order valence-corrected chi connectivity index (χ4v) is 2.06. The van der Waals surface area contributed by atoms with Crippen molar-refractivity contribution in [2.24, 2.45) is 0 Å². The van der Waals surface area contributed by atoms with E-state index in [2.05, 4.69) is 10.2 Å². The molecule has 1 atom stereocenters. The van der Waals surface area contributed by atoms with Gasteiger partial charge in [0.1, 0.15) is 0 Å². The number of ether oxygens (including phenoxy) is 1. The summed E-state index contributed by atoms with van der Waals surface area (Å²) in [5, 5.41) is 11.1. The molecule has 18 heavy (non-hydrogen) atoms. The second-order valence-corrected chi connectivity index (χ2v) is 4.36. The molecule has 0 unspecified atom stereocenters. The summed E-state index contributed by atoms with van der Waals surface area (Å²) in [7, 11) is 0. The zero-order chi connectivity index (χ0) is 13.0. The Hall–Kier alpha value is -1.75. The maximum absolute atomic E-state index is 10.6. The van der Waals surface area contributed by atoms with Crippen molar-refractivity contribution in [1.82, 2.24) is 5.32 Å². The predicted octanol–water partition coefficient (Wildman–Crippen LogP) is 1.85. The van der Waals surface area contributed by atoms with E-state index in [1.807, 2.05) is 31.2 Å².